The molecule has 132 valence electrons. The van der Waals surface area contributed by atoms with Gasteiger partial charge in [0, 0.05) is 36.9 Å². The number of nitrogens with zero attached hydrogens (tertiary/aromatic N) is 4. The molecular formula is C17H28N6S. The summed E-state index contributed by atoms with van der Waals surface area (Å²) >= 11 is 1.74. The first kappa shape index (κ1) is 18.4. The van der Waals surface area contributed by atoms with Gasteiger partial charge in [0.1, 0.15) is 5.01 Å². The van der Waals surface area contributed by atoms with Gasteiger partial charge in [-0.2, -0.15) is 5.10 Å². The van der Waals surface area contributed by atoms with E-state index in [0.717, 1.165) is 42.6 Å². The largest absolute Gasteiger partial charge is 0.357 e. The lowest BCUT2D eigenvalue weighted by molar-refractivity contribution is 0.729. The summed E-state index contributed by atoms with van der Waals surface area (Å²) in [5.74, 6) is 0.838. The van der Waals surface area contributed by atoms with Gasteiger partial charge in [-0.05, 0) is 39.2 Å². The van der Waals surface area contributed by atoms with E-state index in [0.29, 0.717) is 6.54 Å². The zero-order valence-corrected chi connectivity index (χ0v) is 16.1. The molecule has 0 amide bonds. The summed E-state index contributed by atoms with van der Waals surface area (Å²) in [6.07, 6.45) is 3.92. The van der Waals surface area contributed by atoms with Crippen LogP contribution >= 0.6 is 11.3 Å². The fourth-order valence-corrected chi connectivity index (χ4v) is 3.35. The molecule has 0 aromatic carbocycles. The first-order valence-electron chi connectivity index (χ1n) is 8.49. The first-order chi connectivity index (χ1) is 11.5. The van der Waals surface area contributed by atoms with E-state index in [-0.39, 0.29) is 0 Å². The molecule has 0 radical (unpaired) electrons. The van der Waals surface area contributed by atoms with E-state index in [1.165, 1.54) is 16.1 Å². The minimum absolute atomic E-state index is 0.616. The van der Waals surface area contributed by atoms with Crippen LogP contribution in [0.25, 0.3) is 0 Å². The summed E-state index contributed by atoms with van der Waals surface area (Å²) in [5, 5.41) is 12.2. The maximum Gasteiger partial charge on any atom is 0.191 e. The third kappa shape index (κ3) is 4.80. The van der Waals surface area contributed by atoms with Crippen LogP contribution in [0.3, 0.4) is 0 Å². The predicted molar refractivity (Wildman–Crippen MR) is 101 cm³/mol. The average molecular weight is 349 g/mol. The topological polar surface area (TPSA) is 67.1 Å². The standard InChI is InChI=1S/C17H28N6S/c1-6-14-10-20-16(24-14)11-21-17(18-7-2)19-9-8-15-12(3)22-23(5)13(15)4/h10H,6-9,11H2,1-5H3,(H2,18,19,21). The Hall–Kier alpha value is -1.89. The van der Waals surface area contributed by atoms with Gasteiger partial charge in [0.25, 0.3) is 0 Å². The van der Waals surface area contributed by atoms with Crippen LogP contribution in [0.4, 0.5) is 0 Å². The number of guanidine groups is 1. The molecule has 2 rings (SSSR count). The molecule has 7 heteroatoms. The zero-order valence-electron chi connectivity index (χ0n) is 15.3. The summed E-state index contributed by atoms with van der Waals surface area (Å²) in [6.45, 7) is 10.7. The van der Waals surface area contributed by atoms with Crippen LogP contribution in [0.15, 0.2) is 11.2 Å². The van der Waals surface area contributed by atoms with E-state index in [2.05, 4.69) is 53.4 Å². The van der Waals surface area contributed by atoms with Crippen LogP contribution < -0.4 is 10.6 Å². The van der Waals surface area contributed by atoms with Crippen molar-refractivity contribution < 1.29 is 0 Å². The monoisotopic (exact) mass is 348 g/mol. The molecule has 2 heterocycles. The van der Waals surface area contributed by atoms with Gasteiger partial charge in [-0.15, -0.1) is 11.3 Å². The van der Waals surface area contributed by atoms with Crippen LogP contribution in [-0.4, -0.2) is 33.8 Å². The Morgan fingerprint density at radius 3 is 2.67 bits per heavy atom. The Kier molecular flexibility index (Phi) is 6.78. The van der Waals surface area contributed by atoms with Crippen molar-refractivity contribution in [2.24, 2.45) is 12.0 Å². The van der Waals surface area contributed by atoms with Crippen molar-refractivity contribution in [2.45, 2.75) is 47.1 Å². The number of thiazole rings is 1. The Morgan fingerprint density at radius 2 is 2.08 bits per heavy atom. The predicted octanol–water partition coefficient (Wildman–Crippen LogP) is 2.35. The van der Waals surface area contributed by atoms with Gasteiger partial charge in [0.05, 0.1) is 12.2 Å². The van der Waals surface area contributed by atoms with Crippen molar-refractivity contribution >= 4 is 17.3 Å². The van der Waals surface area contributed by atoms with Crippen molar-refractivity contribution in [1.29, 1.82) is 0 Å². The van der Waals surface area contributed by atoms with E-state index in [4.69, 9.17) is 0 Å². The fraction of sp³-hybridized carbons (Fsp3) is 0.588. The zero-order chi connectivity index (χ0) is 17.5. The normalized spacial score (nSPS) is 11.8. The molecule has 6 nitrogen and oxygen atoms in total. The number of rotatable bonds is 7. The van der Waals surface area contributed by atoms with E-state index in [1.54, 1.807) is 11.3 Å². The number of aromatic nitrogens is 3. The molecule has 2 N–H and O–H groups in total. The quantitative estimate of drug-likeness (QED) is 0.595. The Labute approximate surface area is 148 Å². The number of hydrogen-bond acceptors (Lipinski definition) is 4. The molecule has 0 spiro atoms. The molecule has 0 saturated heterocycles. The number of hydrogen-bond donors (Lipinski definition) is 2. The van der Waals surface area contributed by atoms with Gasteiger partial charge in [0.15, 0.2) is 5.96 Å². The molecule has 0 aliphatic carbocycles. The van der Waals surface area contributed by atoms with E-state index < -0.39 is 0 Å². The lowest BCUT2D eigenvalue weighted by Gasteiger charge is -2.11. The number of aryl methyl sites for hydroxylation is 3. The van der Waals surface area contributed by atoms with Crippen LogP contribution in [-0.2, 0) is 26.4 Å². The molecule has 2 aromatic heterocycles. The minimum Gasteiger partial charge on any atom is -0.357 e. The van der Waals surface area contributed by atoms with E-state index >= 15 is 0 Å². The van der Waals surface area contributed by atoms with Gasteiger partial charge < -0.3 is 10.6 Å². The van der Waals surface area contributed by atoms with Crippen molar-refractivity contribution in [3.63, 3.8) is 0 Å². The number of aliphatic imine (C=N–C) groups is 1. The molecular weight excluding hydrogens is 320 g/mol. The molecule has 24 heavy (non-hydrogen) atoms. The van der Waals surface area contributed by atoms with Gasteiger partial charge in [-0.1, -0.05) is 6.92 Å². The maximum absolute atomic E-state index is 4.63. The molecule has 0 fully saturated rings. The van der Waals surface area contributed by atoms with Crippen LogP contribution in [0, 0.1) is 13.8 Å². The highest BCUT2D eigenvalue weighted by atomic mass is 32.1. The second-order valence-corrected chi connectivity index (χ2v) is 6.92. The van der Waals surface area contributed by atoms with E-state index in [1.807, 2.05) is 17.9 Å². The first-order valence-corrected chi connectivity index (χ1v) is 9.31. The van der Waals surface area contributed by atoms with Crippen LogP contribution in [0.2, 0.25) is 0 Å². The Balaban J connectivity index is 1.91. The maximum atomic E-state index is 4.63. The van der Waals surface area contributed by atoms with Crippen LogP contribution in [0.5, 0.6) is 0 Å². The second-order valence-electron chi connectivity index (χ2n) is 5.72. The molecule has 0 aliphatic rings. The fourth-order valence-electron chi connectivity index (χ4n) is 2.56. The molecule has 2 aromatic rings. The summed E-state index contributed by atoms with van der Waals surface area (Å²) in [5.41, 5.74) is 3.65. The summed E-state index contributed by atoms with van der Waals surface area (Å²) in [7, 11) is 1.99. The third-order valence-electron chi connectivity index (χ3n) is 3.99. The molecule has 0 saturated carbocycles. The number of nitrogens with one attached hydrogen (secondary N) is 2. The van der Waals surface area contributed by atoms with Crippen molar-refractivity contribution in [3.8, 4) is 0 Å². The Morgan fingerprint density at radius 1 is 1.29 bits per heavy atom. The minimum atomic E-state index is 0.616. The highest BCUT2D eigenvalue weighted by Gasteiger charge is 2.09. The van der Waals surface area contributed by atoms with Crippen molar-refractivity contribution in [1.82, 2.24) is 25.4 Å². The van der Waals surface area contributed by atoms with Gasteiger partial charge >= 0.3 is 0 Å². The van der Waals surface area contributed by atoms with Gasteiger partial charge in [0.2, 0.25) is 0 Å². The van der Waals surface area contributed by atoms with Crippen LogP contribution in [0.1, 0.15) is 40.7 Å². The smallest absolute Gasteiger partial charge is 0.191 e. The summed E-state index contributed by atoms with van der Waals surface area (Å²) < 4.78 is 1.94. The summed E-state index contributed by atoms with van der Waals surface area (Å²) in [4.78, 5) is 10.4. The van der Waals surface area contributed by atoms with E-state index in [9.17, 15) is 0 Å². The van der Waals surface area contributed by atoms with Crippen molar-refractivity contribution in [3.05, 3.63) is 33.0 Å². The third-order valence-corrected chi connectivity index (χ3v) is 5.12. The molecule has 0 aliphatic heterocycles. The highest BCUT2D eigenvalue weighted by molar-refractivity contribution is 7.11. The van der Waals surface area contributed by atoms with Gasteiger partial charge in [-0.3, -0.25) is 4.68 Å². The second kappa shape index (κ2) is 8.82. The highest BCUT2D eigenvalue weighted by Crippen LogP contribution is 2.14. The SMILES string of the molecule is CCNC(=NCc1ncc(CC)s1)NCCc1c(C)nn(C)c1C. The average Bonchev–Trinajstić information content (AvgIpc) is 3.12. The Bertz CT molecular complexity index is 685. The molecule has 0 atom stereocenters. The molecule has 0 unspecified atom stereocenters. The van der Waals surface area contributed by atoms with Gasteiger partial charge in [-0.25, -0.2) is 9.98 Å². The lowest BCUT2D eigenvalue weighted by atomic mass is 10.1. The molecule has 0 bridgehead atoms. The summed E-state index contributed by atoms with van der Waals surface area (Å²) in [6, 6.07) is 0. The lowest BCUT2D eigenvalue weighted by Crippen LogP contribution is -2.38. The van der Waals surface area contributed by atoms with Crippen molar-refractivity contribution in [2.75, 3.05) is 13.1 Å².